The van der Waals surface area contributed by atoms with Gasteiger partial charge in [-0.3, -0.25) is 4.79 Å². The van der Waals surface area contributed by atoms with Crippen LogP contribution in [0.2, 0.25) is 0 Å². The van der Waals surface area contributed by atoms with Crippen molar-refractivity contribution >= 4 is 11.6 Å². The highest BCUT2D eigenvalue weighted by molar-refractivity contribution is 5.93. The maximum absolute atomic E-state index is 12.9. The van der Waals surface area contributed by atoms with Crippen LogP contribution in [0.1, 0.15) is 46.3 Å². The quantitative estimate of drug-likeness (QED) is 0.788. The average Bonchev–Trinajstić information content (AvgIpc) is 3.20. The Hall–Kier alpha value is -2.63. The second-order valence-corrected chi connectivity index (χ2v) is 6.64. The third kappa shape index (κ3) is 2.68. The first-order valence-corrected chi connectivity index (χ1v) is 8.36. The van der Waals surface area contributed by atoms with E-state index in [9.17, 15) is 4.79 Å². The fraction of sp³-hybridized carbons (Fsp3) is 0.389. The van der Waals surface area contributed by atoms with Crippen molar-refractivity contribution in [2.75, 3.05) is 13.1 Å². The van der Waals surface area contributed by atoms with Crippen LogP contribution in [0, 0.1) is 13.8 Å². The summed E-state index contributed by atoms with van der Waals surface area (Å²) >= 11 is 0. The summed E-state index contributed by atoms with van der Waals surface area (Å²) in [6, 6.07) is 3.95. The van der Waals surface area contributed by atoms with Crippen molar-refractivity contribution in [3.63, 3.8) is 0 Å². The van der Waals surface area contributed by atoms with E-state index in [-0.39, 0.29) is 11.8 Å². The molecule has 0 unspecified atom stereocenters. The smallest absolute Gasteiger partial charge is 0.274 e. The topological polar surface area (TPSA) is 66.3 Å². The summed E-state index contributed by atoms with van der Waals surface area (Å²) in [7, 11) is 0. The number of fused-ring (bicyclic) bond motifs is 1. The number of carbonyl (C=O) groups excluding carboxylic acids is 1. The van der Waals surface area contributed by atoms with Crippen molar-refractivity contribution in [2.24, 2.45) is 0 Å². The molecule has 1 saturated heterocycles. The van der Waals surface area contributed by atoms with Crippen molar-refractivity contribution < 1.29 is 4.79 Å². The largest absolute Gasteiger partial charge is 0.346 e. The molecule has 1 aliphatic heterocycles. The molecule has 0 aromatic carbocycles. The van der Waals surface area contributed by atoms with Crippen molar-refractivity contribution in [3.05, 3.63) is 53.5 Å². The van der Waals surface area contributed by atoms with Crippen LogP contribution in [-0.2, 0) is 0 Å². The third-order valence-corrected chi connectivity index (χ3v) is 4.64. The predicted octanol–water partition coefficient (Wildman–Crippen LogP) is 2.69. The minimum Gasteiger partial charge on any atom is -0.346 e. The highest BCUT2D eigenvalue weighted by Gasteiger charge is 2.28. The normalized spacial score (nSPS) is 18.2. The number of hydrogen-bond acceptors (Lipinski definition) is 3. The van der Waals surface area contributed by atoms with Gasteiger partial charge >= 0.3 is 0 Å². The van der Waals surface area contributed by atoms with Gasteiger partial charge in [-0.05, 0) is 38.3 Å². The summed E-state index contributed by atoms with van der Waals surface area (Å²) in [6.45, 7) is 5.50. The third-order valence-electron chi connectivity index (χ3n) is 4.64. The van der Waals surface area contributed by atoms with Crippen LogP contribution >= 0.6 is 0 Å². The van der Waals surface area contributed by atoms with Gasteiger partial charge in [-0.25, -0.2) is 9.97 Å². The molecule has 1 amide bonds. The first kappa shape index (κ1) is 14.9. The van der Waals surface area contributed by atoms with Gasteiger partial charge in [-0.15, -0.1) is 0 Å². The van der Waals surface area contributed by atoms with Crippen LogP contribution < -0.4 is 0 Å². The summed E-state index contributed by atoms with van der Waals surface area (Å²) in [4.78, 5) is 27.0. The number of aromatic nitrogens is 4. The molecule has 1 N–H and O–H groups in total. The molecule has 0 spiro atoms. The number of piperidine rings is 1. The van der Waals surface area contributed by atoms with E-state index in [1.807, 2.05) is 53.9 Å². The van der Waals surface area contributed by atoms with E-state index >= 15 is 0 Å². The van der Waals surface area contributed by atoms with Gasteiger partial charge < -0.3 is 14.3 Å². The Labute approximate surface area is 140 Å². The number of nitrogens with one attached hydrogen (secondary N) is 1. The summed E-state index contributed by atoms with van der Waals surface area (Å²) in [5, 5.41) is 0. The van der Waals surface area contributed by atoms with Gasteiger partial charge in [0.2, 0.25) is 0 Å². The SMILES string of the molecule is Cc1ccc2nc(C(=O)N3CCC[C@@H](c4ncc(C)[nH]4)C3)cn2c1. The summed E-state index contributed by atoms with van der Waals surface area (Å²) in [5.74, 6) is 1.26. The van der Waals surface area contributed by atoms with Gasteiger partial charge in [0.25, 0.3) is 5.91 Å². The van der Waals surface area contributed by atoms with Gasteiger partial charge in [0, 0.05) is 43.3 Å². The molecule has 1 aliphatic rings. The van der Waals surface area contributed by atoms with Gasteiger partial charge in [0.05, 0.1) is 0 Å². The molecule has 3 aromatic heterocycles. The molecule has 0 bridgehead atoms. The van der Waals surface area contributed by atoms with E-state index in [0.29, 0.717) is 12.2 Å². The van der Waals surface area contributed by atoms with Crippen LogP contribution in [0.25, 0.3) is 5.65 Å². The highest BCUT2D eigenvalue weighted by Crippen LogP contribution is 2.25. The number of nitrogens with zero attached hydrogens (tertiary/aromatic N) is 4. The second kappa shape index (κ2) is 5.78. The lowest BCUT2D eigenvalue weighted by Crippen LogP contribution is -2.39. The number of amides is 1. The highest BCUT2D eigenvalue weighted by atomic mass is 16.2. The molecular formula is C18H21N5O. The van der Waals surface area contributed by atoms with Crippen LogP contribution in [0.15, 0.2) is 30.7 Å². The molecule has 1 fully saturated rings. The van der Waals surface area contributed by atoms with Crippen molar-refractivity contribution in [2.45, 2.75) is 32.6 Å². The number of imidazole rings is 2. The minimum absolute atomic E-state index is 0.00401. The Balaban J connectivity index is 1.56. The number of hydrogen-bond donors (Lipinski definition) is 1. The molecule has 0 radical (unpaired) electrons. The second-order valence-electron chi connectivity index (χ2n) is 6.64. The lowest BCUT2D eigenvalue weighted by atomic mass is 9.97. The maximum Gasteiger partial charge on any atom is 0.274 e. The molecule has 6 heteroatoms. The molecule has 24 heavy (non-hydrogen) atoms. The lowest BCUT2D eigenvalue weighted by Gasteiger charge is -2.31. The zero-order valence-corrected chi connectivity index (χ0v) is 14.0. The van der Waals surface area contributed by atoms with Crippen LogP contribution in [0.4, 0.5) is 0 Å². The van der Waals surface area contributed by atoms with E-state index in [0.717, 1.165) is 42.1 Å². The first-order valence-electron chi connectivity index (χ1n) is 8.36. The average molecular weight is 323 g/mol. The number of carbonyl (C=O) groups is 1. The summed E-state index contributed by atoms with van der Waals surface area (Å²) in [6.07, 6.45) is 7.71. The van der Waals surface area contributed by atoms with E-state index in [4.69, 9.17) is 0 Å². The minimum atomic E-state index is 0.00401. The summed E-state index contributed by atoms with van der Waals surface area (Å²) in [5.41, 5.74) is 3.52. The van der Waals surface area contributed by atoms with Gasteiger partial charge in [-0.1, -0.05) is 6.07 Å². The van der Waals surface area contributed by atoms with Crippen LogP contribution in [-0.4, -0.2) is 43.2 Å². The fourth-order valence-corrected chi connectivity index (χ4v) is 3.39. The Bertz CT molecular complexity index is 894. The fourth-order valence-electron chi connectivity index (χ4n) is 3.39. The monoisotopic (exact) mass is 323 g/mol. The zero-order chi connectivity index (χ0) is 16.7. The summed E-state index contributed by atoms with van der Waals surface area (Å²) < 4.78 is 1.92. The number of rotatable bonds is 2. The molecular weight excluding hydrogens is 302 g/mol. The number of aromatic amines is 1. The van der Waals surface area contributed by atoms with E-state index in [1.165, 1.54) is 0 Å². The molecule has 3 aromatic rings. The van der Waals surface area contributed by atoms with E-state index in [2.05, 4.69) is 15.0 Å². The van der Waals surface area contributed by atoms with Crippen LogP contribution in [0.3, 0.4) is 0 Å². The van der Waals surface area contributed by atoms with E-state index < -0.39 is 0 Å². The molecule has 1 atom stereocenters. The number of H-pyrrole nitrogens is 1. The molecule has 4 heterocycles. The van der Waals surface area contributed by atoms with E-state index in [1.54, 1.807) is 0 Å². The number of pyridine rings is 1. The molecule has 0 aliphatic carbocycles. The maximum atomic E-state index is 12.9. The molecule has 4 rings (SSSR count). The number of aryl methyl sites for hydroxylation is 2. The molecule has 124 valence electrons. The van der Waals surface area contributed by atoms with Crippen molar-refractivity contribution in [1.29, 1.82) is 0 Å². The van der Waals surface area contributed by atoms with Gasteiger partial charge in [0.15, 0.2) is 0 Å². The molecule has 0 saturated carbocycles. The Morgan fingerprint density at radius 2 is 2.17 bits per heavy atom. The first-order chi connectivity index (χ1) is 11.6. The standard InChI is InChI=1S/C18H21N5O/c1-12-5-6-16-21-15(11-23(16)9-12)18(24)22-7-3-4-14(10-22)17-19-8-13(2)20-17/h5-6,8-9,11,14H,3-4,7,10H2,1-2H3,(H,19,20)/t14-/m1/s1. The Morgan fingerprint density at radius 1 is 1.29 bits per heavy atom. The Kier molecular flexibility index (Phi) is 3.59. The number of likely N-dealkylation sites (tertiary alicyclic amines) is 1. The van der Waals surface area contributed by atoms with Crippen molar-refractivity contribution in [3.8, 4) is 0 Å². The van der Waals surface area contributed by atoms with Crippen molar-refractivity contribution in [1.82, 2.24) is 24.3 Å². The predicted molar refractivity (Wildman–Crippen MR) is 91.1 cm³/mol. The van der Waals surface area contributed by atoms with Gasteiger partial charge in [-0.2, -0.15) is 0 Å². The molecule has 6 nitrogen and oxygen atoms in total. The lowest BCUT2D eigenvalue weighted by molar-refractivity contribution is 0.0699. The zero-order valence-electron chi connectivity index (χ0n) is 14.0. The Morgan fingerprint density at radius 3 is 2.96 bits per heavy atom. The van der Waals surface area contributed by atoms with Gasteiger partial charge in [0.1, 0.15) is 17.2 Å². The van der Waals surface area contributed by atoms with Crippen LogP contribution in [0.5, 0.6) is 0 Å².